The van der Waals surface area contributed by atoms with Gasteiger partial charge in [0.15, 0.2) is 0 Å². The monoisotopic (exact) mass is 348 g/mol. The van der Waals surface area contributed by atoms with E-state index in [4.69, 9.17) is 0 Å². The predicted octanol–water partition coefficient (Wildman–Crippen LogP) is 1.66. The largest absolute Gasteiger partial charge is 0.360 e. The molecule has 2 aromatic rings. The van der Waals surface area contributed by atoms with Crippen molar-refractivity contribution in [2.75, 3.05) is 6.54 Å². The highest BCUT2D eigenvalue weighted by molar-refractivity contribution is 9.10. The van der Waals surface area contributed by atoms with Gasteiger partial charge in [0, 0.05) is 16.2 Å². The maximum Gasteiger partial charge on any atom is 0.259 e. The molecule has 0 bridgehead atoms. The van der Waals surface area contributed by atoms with E-state index in [1.54, 1.807) is 30.5 Å². The van der Waals surface area contributed by atoms with Crippen LogP contribution < -0.4 is 10.7 Å². The van der Waals surface area contributed by atoms with Crippen LogP contribution in [0.1, 0.15) is 16.1 Å². The van der Waals surface area contributed by atoms with Gasteiger partial charge < -0.3 is 10.3 Å². The van der Waals surface area contributed by atoms with Crippen LogP contribution in [0.25, 0.3) is 0 Å². The van der Waals surface area contributed by atoms with Crippen molar-refractivity contribution in [3.05, 3.63) is 58.3 Å². The lowest BCUT2D eigenvalue weighted by atomic mass is 10.2. The third-order valence-electron chi connectivity index (χ3n) is 2.53. The molecule has 0 fully saturated rings. The lowest BCUT2D eigenvalue weighted by Gasteiger charge is -2.04. The summed E-state index contributed by atoms with van der Waals surface area (Å²) in [5.41, 5.74) is 3.58. The molecule has 3 N–H and O–H groups in total. The summed E-state index contributed by atoms with van der Waals surface area (Å²) < 4.78 is 0.885. The van der Waals surface area contributed by atoms with Crippen LogP contribution in [-0.2, 0) is 4.79 Å². The van der Waals surface area contributed by atoms with E-state index >= 15 is 0 Å². The van der Waals surface area contributed by atoms with Gasteiger partial charge in [-0.25, -0.2) is 5.43 Å². The molecule has 7 heteroatoms. The molecular weight excluding hydrogens is 336 g/mol. The van der Waals surface area contributed by atoms with Crippen LogP contribution in [0.5, 0.6) is 0 Å². The van der Waals surface area contributed by atoms with Gasteiger partial charge in [0.25, 0.3) is 11.8 Å². The van der Waals surface area contributed by atoms with Gasteiger partial charge in [-0.05, 0) is 36.4 Å². The smallest absolute Gasteiger partial charge is 0.259 e. The van der Waals surface area contributed by atoms with E-state index in [0.717, 1.165) is 10.2 Å². The summed E-state index contributed by atoms with van der Waals surface area (Å²) in [6.07, 6.45) is 3.23. The summed E-state index contributed by atoms with van der Waals surface area (Å²) in [7, 11) is 0. The number of hydrogen-bond acceptors (Lipinski definition) is 3. The molecule has 0 aliphatic carbocycles. The van der Waals surface area contributed by atoms with Gasteiger partial charge in [-0.15, -0.1) is 0 Å². The fourth-order valence-corrected chi connectivity index (χ4v) is 1.77. The Labute approximate surface area is 129 Å². The Balaban J connectivity index is 1.76. The quantitative estimate of drug-likeness (QED) is 0.566. The minimum Gasteiger partial charge on any atom is -0.360 e. The molecule has 1 aromatic heterocycles. The Hall–Kier alpha value is -2.41. The lowest BCUT2D eigenvalue weighted by Crippen LogP contribution is -2.34. The molecule has 2 rings (SSSR count). The third-order valence-corrected chi connectivity index (χ3v) is 3.06. The number of nitrogens with zero attached hydrogens (tertiary/aromatic N) is 1. The summed E-state index contributed by atoms with van der Waals surface area (Å²) in [5.74, 6) is -0.714. The van der Waals surface area contributed by atoms with Crippen LogP contribution in [-0.4, -0.2) is 29.6 Å². The summed E-state index contributed by atoms with van der Waals surface area (Å²) in [6.45, 7) is -0.142. The van der Waals surface area contributed by atoms with Gasteiger partial charge in [0.1, 0.15) is 0 Å². The number of nitrogens with one attached hydrogen (secondary N) is 3. The molecule has 108 valence electrons. The van der Waals surface area contributed by atoms with Gasteiger partial charge in [0.2, 0.25) is 0 Å². The van der Waals surface area contributed by atoms with E-state index in [-0.39, 0.29) is 12.5 Å². The Morgan fingerprint density at radius 3 is 2.67 bits per heavy atom. The zero-order valence-corrected chi connectivity index (χ0v) is 12.6. The van der Waals surface area contributed by atoms with Crippen molar-refractivity contribution in [2.45, 2.75) is 0 Å². The predicted molar refractivity (Wildman–Crippen MR) is 83.0 cm³/mol. The Morgan fingerprint density at radius 2 is 2.00 bits per heavy atom. The molecule has 1 aromatic carbocycles. The zero-order chi connectivity index (χ0) is 15.1. The van der Waals surface area contributed by atoms with Crippen molar-refractivity contribution in [1.82, 2.24) is 15.7 Å². The van der Waals surface area contributed by atoms with E-state index < -0.39 is 5.91 Å². The first-order valence-corrected chi connectivity index (χ1v) is 6.93. The Kier molecular flexibility index (Phi) is 5.28. The first-order chi connectivity index (χ1) is 10.1. The average Bonchev–Trinajstić information content (AvgIpc) is 2.99. The van der Waals surface area contributed by atoms with E-state index in [0.29, 0.717) is 5.56 Å². The Morgan fingerprint density at radius 1 is 1.24 bits per heavy atom. The van der Waals surface area contributed by atoms with Gasteiger partial charge in [-0.1, -0.05) is 15.9 Å². The van der Waals surface area contributed by atoms with Crippen LogP contribution in [0.4, 0.5) is 0 Å². The molecule has 0 radical (unpaired) electrons. The van der Waals surface area contributed by atoms with E-state index in [9.17, 15) is 9.59 Å². The summed E-state index contributed by atoms with van der Waals surface area (Å²) in [5, 5.41) is 6.28. The van der Waals surface area contributed by atoms with Crippen molar-refractivity contribution in [3.8, 4) is 0 Å². The van der Waals surface area contributed by atoms with E-state index in [2.05, 4.69) is 36.8 Å². The number of rotatable bonds is 5. The highest BCUT2D eigenvalue weighted by atomic mass is 79.9. The zero-order valence-electron chi connectivity index (χ0n) is 11.0. The second-order valence-corrected chi connectivity index (χ2v) is 5.02. The van der Waals surface area contributed by atoms with E-state index in [1.807, 2.05) is 12.1 Å². The SMILES string of the molecule is O=C(CNC(=O)c1ccc(Br)cc1)N/N=C\c1ccc[nH]1. The van der Waals surface area contributed by atoms with Crippen LogP contribution in [0, 0.1) is 0 Å². The molecule has 0 saturated heterocycles. The standard InChI is InChI=1S/C14H13BrN4O2/c15-11-5-3-10(4-6-11)14(21)17-9-13(20)19-18-8-12-2-1-7-16-12/h1-8,16H,9H2,(H,17,21)(H,19,20)/b18-8-. The molecule has 0 spiro atoms. The summed E-state index contributed by atoms with van der Waals surface area (Å²) in [4.78, 5) is 26.2. The van der Waals surface area contributed by atoms with Crippen LogP contribution in [0.2, 0.25) is 0 Å². The lowest BCUT2D eigenvalue weighted by molar-refractivity contribution is -0.120. The molecular formula is C14H13BrN4O2. The number of carbonyl (C=O) groups is 2. The molecule has 0 aliphatic rings. The van der Waals surface area contributed by atoms with Crippen molar-refractivity contribution in [3.63, 3.8) is 0 Å². The van der Waals surface area contributed by atoms with Crippen LogP contribution in [0.15, 0.2) is 52.2 Å². The second-order valence-electron chi connectivity index (χ2n) is 4.11. The number of carbonyl (C=O) groups excluding carboxylic acids is 2. The highest BCUT2D eigenvalue weighted by Crippen LogP contribution is 2.10. The molecule has 0 unspecified atom stereocenters. The normalized spacial score (nSPS) is 10.5. The second kappa shape index (κ2) is 7.39. The number of aromatic amines is 1. The fraction of sp³-hybridized carbons (Fsp3) is 0.0714. The van der Waals surface area contributed by atoms with E-state index in [1.165, 1.54) is 6.21 Å². The Bertz CT molecular complexity index is 636. The summed E-state index contributed by atoms with van der Waals surface area (Å²) in [6, 6.07) is 10.5. The van der Waals surface area contributed by atoms with Crippen molar-refractivity contribution in [1.29, 1.82) is 0 Å². The van der Waals surface area contributed by atoms with Crippen molar-refractivity contribution in [2.24, 2.45) is 5.10 Å². The topological polar surface area (TPSA) is 86.3 Å². The maximum atomic E-state index is 11.8. The van der Waals surface area contributed by atoms with Crippen LogP contribution in [0.3, 0.4) is 0 Å². The third kappa shape index (κ3) is 4.88. The highest BCUT2D eigenvalue weighted by Gasteiger charge is 2.07. The molecule has 0 aliphatic heterocycles. The number of H-pyrrole nitrogens is 1. The molecule has 0 saturated carbocycles. The van der Waals surface area contributed by atoms with Gasteiger partial charge >= 0.3 is 0 Å². The first kappa shape index (κ1) is 15.0. The first-order valence-electron chi connectivity index (χ1n) is 6.14. The van der Waals surface area contributed by atoms with Crippen molar-refractivity contribution < 1.29 is 9.59 Å². The molecule has 2 amide bonds. The maximum absolute atomic E-state index is 11.8. The van der Waals surface area contributed by atoms with Crippen molar-refractivity contribution >= 4 is 34.0 Å². The number of hydrogen-bond donors (Lipinski definition) is 3. The molecule has 6 nitrogen and oxygen atoms in total. The number of hydrazone groups is 1. The fourth-order valence-electron chi connectivity index (χ4n) is 1.50. The molecule has 1 heterocycles. The number of aromatic nitrogens is 1. The van der Waals surface area contributed by atoms with Gasteiger partial charge in [-0.3, -0.25) is 9.59 Å². The number of halogens is 1. The molecule has 21 heavy (non-hydrogen) atoms. The minimum absolute atomic E-state index is 0.142. The van der Waals surface area contributed by atoms with Gasteiger partial charge in [0.05, 0.1) is 18.5 Å². The minimum atomic E-state index is -0.400. The summed E-state index contributed by atoms with van der Waals surface area (Å²) >= 11 is 3.29. The number of amides is 2. The van der Waals surface area contributed by atoms with Gasteiger partial charge in [-0.2, -0.15) is 5.10 Å². The number of benzene rings is 1. The average molecular weight is 349 g/mol. The molecule has 0 atom stereocenters. The van der Waals surface area contributed by atoms with Crippen LogP contribution >= 0.6 is 15.9 Å².